The van der Waals surface area contributed by atoms with Crippen molar-refractivity contribution in [3.05, 3.63) is 29.8 Å². The first-order chi connectivity index (χ1) is 9.66. The maximum atomic E-state index is 9.36. The molecule has 2 rings (SSSR count). The van der Waals surface area contributed by atoms with Crippen LogP contribution in [0.15, 0.2) is 24.3 Å². The van der Waals surface area contributed by atoms with Gasteiger partial charge < -0.3 is 4.74 Å². The highest BCUT2D eigenvalue weighted by Gasteiger charge is 2.48. The molecular formula is C15H17N3O2. The summed E-state index contributed by atoms with van der Waals surface area (Å²) in [5.41, 5.74) is 0.443. The SMILES string of the molecule is COc1ccc([C@]2(C)[C@@H](C#N)CON2CCC#N)cc1. The first-order valence-corrected chi connectivity index (χ1v) is 6.48. The molecule has 2 atom stereocenters. The molecule has 5 nitrogen and oxygen atoms in total. The van der Waals surface area contributed by atoms with Gasteiger partial charge in [-0.15, -0.1) is 0 Å². The van der Waals surface area contributed by atoms with E-state index in [4.69, 9.17) is 14.8 Å². The van der Waals surface area contributed by atoms with Gasteiger partial charge in [0.1, 0.15) is 5.75 Å². The Morgan fingerprint density at radius 3 is 2.65 bits per heavy atom. The Hall–Kier alpha value is -2.08. The van der Waals surface area contributed by atoms with Crippen LogP contribution in [0.1, 0.15) is 18.9 Å². The molecule has 0 radical (unpaired) electrons. The summed E-state index contributed by atoms with van der Waals surface area (Å²) in [4.78, 5) is 5.61. The molecule has 1 aliphatic rings. The van der Waals surface area contributed by atoms with Crippen LogP contribution in [0.3, 0.4) is 0 Å². The molecule has 0 unspecified atom stereocenters. The first kappa shape index (κ1) is 14.3. The zero-order chi connectivity index (χ0) is 14.6. The summed E-state index contributed by atoms with van der Waals surface area (Å²) in [7, 11) is 1.62. The van der Waals surface area contributed by atoms with E-state index >= 15 is 0 Å². The summed E-state index contributed by atoms with van der Waals surface area (Å²) in [6.45, 7) is 2.81. The monoisotopic (exact) mass is 271 g/mol. The largest absolute Gasteiger partial charge is 0.497 e. The second kappa shape index (κ2) is 5.92. The van der Waals surface area contributed by atoms with E-state index in [9.17, 15) is 5.26 Å². The molecular weight excluding hydrogens is 254 g/mol. The van der Waals surface area contributed by atoms with E-state index in [0.29, 0.717) is 19.6 Å². The van der Waals surface area contributed by atoms with Gasteiger partial charge in [-0.2, -0.15) is 15.6 Å². The molecule has 1 fully saturated rings. The molecule has 0 spiro atoms. The number of hydroxylamine groups is 2. The maximum Gasteiger partial charge on any atom is 0.118 e. The predicted octanol–water partition coefficient (Wildman–Crippen LogP) is 2.21. The van der Waals surface area contributed by atoms with Crippen LogP contribution in [0.25, 0.3) is 0 Å². The normalized spacial score (nSPS) is 25.9. The fourth-order valence-electron chi connectivity index (χ4n) is 2.52. The van der Waals surface area contributed by atoms with Gasteiger partial charge in [0.2, 0.25) is 0 Å². The third kappa shape index (κ3) is 2.34. The van der Waals surface area contributed by atoms with Gasteiger partial charge in [0.05, 0.1) is 43.7 Å². The van der Waals surface area contributed by atoms with Gasteiger partial charge in [-0.05, 0) is 24.6 Å². The quantitative estimate of drug-likeness (QED) is 0.839. The molecule has 1 aromatic carbocycles. The second-order valence-electron chi connectivity index (χ2n) is 4.86. The van der Waals surface area contributed by atoms with E-state index in [1.807, 2.05) is 31.2 Å². The zero-order valence-corrected chi connectivity index (χ0v) is 11.7. The van der Waals surface area contributed by atoms with Crippen molar-refractivity contribution >= 4 is 0 Å². The van der Waals surface area contributed by atoms with E-state index in [1.165, 1.54) is 0 Å². The number of nitrogens with zero attached hydrogens (tertiary/aromatic N) is 3. The number of benzene rings is 1. The van der Waals surface area contributed by atoms with Crippen molar-refractivity contribution < 1.29 is 9.57 Å². The molecule has 1 aliphatic heterocycles. The van der Waals surface area contributed by atoms with Gasteiger partial charge in [-0.3, -0.25) is 4.84 Å². The van der Waals surface area contributed by atoms with Crippen LogP contribution >= 0.6 is 0 Å². The average Bonchev–Trinajstić information content (AvgIpc) is 2.82. The lowest BCUT2D eigenvalue weighted by Crippen LogP contribution is -2.42. The van der Waals surface area contributed by atoms with Gasteiger partial charge in [-0.1, -0.05) is 12.1 Å². The van der Waals surface area contributed by atoms with Gasteiger partial charge >= 0.3 is 0 Å². The van der Waals surface area contributed by atoms with Crippen LogP contribution in [-0.2, 0) is 10.4 Å². The Morgan fingerprint density at radius 1 is 1.40 bits per heavy atom. The van der Waals surface area contributed by atoms with Crippen LogP contribution in [0.2, 0.25) is 0 Å². The summed E-state index contributed by atoms with van der Waals surface area (Å²) in [6.07, 6.45) is 0.365. The average molecular weight is 271 g/mol. The number of rotatable bonds is 4. The van der Waals surface area contributed by atoms with E-state index in [2.05, 4.69) is 12.1 Å². The Balaban J connectivity index is 2.34. The van der Waals surface area contributed by atoms with Gasteiger partial charge in [0.15, 0.2) is 0 Å². The Bertz CT molecular complexity index is 544. The highest BCUT2D eigenvalue weighted by atomic mass is 16.7. The number of hydrogen-bond acceptors (Lipinski definition) is 5. The Morgan fingerprint density at radius 2 is 2.10 bits per heavy atom. The molecule has 0 aliphatic carbocycles. The van der Waals surface area contributed by atoms with Crippen molar-refractivity contribution in [3.8, 4) is 17.9 Å². The predicted molar refractivity (Wildman–Crippen MR) is 72.3 cm³/mol. The van der Waals surface area contributed by atoms with Gasteiger partial charge in [0.25, 0.3) is 0 Å². The minimum absolute atomic E-state index is 0.269. The Labute approximate surface area is 118 Å². The molecule has 0 aromatic heterocycles. The first-order valence-electron chi connectivity index (χ1n) is 6.48. The van der Waals surface area contributed by atoms with Crippen molar-refractivity contribution in [2.45, 2.75) is 18.9 Å². The number of methoxy groups -OCH3 is 1. The van der Waals surface area contributed by atoms with Crippen LogP contribution in [0, 0.1) is 28.6 Å². The topological polar surface area (TPSA) is 69.3 Å². The van der Waals surface area contributed by atoms with Gasteiger partial charge in [0, 0.05) is 6.54 Å². The van der Waals surface area contributed by atoms with E-state index in [1.54, 1.807) is 12.2 Å². The van der Waals surface area contributed by atoms with Crippen LogP contribution in [0.4, 0.5) is 0 Å². The highest BCUT2D eigenvalue weighted by molar-refractivity contribution is 5.33. The lowest BCUT2D eigenvalue weighted by Gasteiger charge is -2.34. The third-order valence-corrected chi connectivity index (χ3v) is 3.85. The summed E-state index contributed by atoms with van der Waals surface area (Å²) in [5, 5.41) is 19.9. The van der Waals surface area contributed by atoms with Crippen LogP contribution in [-0.4, -0.2) is 25.3 Å². The lowest BCUT2D eigenvalue weighted by molar-refractivity contribution is -0.161. The second-order valence-corrected chi connectivity index (χ2v) is 4.86. The highest BCUT2D eigenvalue weighted by Crippen LogP contribution is 2.41. The number of nitriles is 2. The summed E-state index contributed by atoms with van der Waals surface area (Å²) in [6, 6.07) is 12.0. The van der Waals surface area contributed by atoms with Gasteiger partial charge in [-0.25, -0.2) is 0 Å². The Kier molecular flexibility index (Phi) is 4.24. The molecule has 5 heteroatoms. The van der Waals surface area contributed by atoms with Crippen molar-refractivity contribution in [1.29, 1.82) is 10.5 Å². The zero-order valence-electron chi connectivity index (χ0n) is 11.7. The molecule has 20 heavy (non-hydrogen) atoms. The molecule has 1 aromatic rings. The molecule has 104 valence electrons. The number of hydrogen-bond donors (Lipinski definition) is 0. The summed E-state index contributed by atoms with van der Waals surface area (Å²) >= 11 is 0. The van der Waals surface area contributed by atoms with E-state index in [-0.39, 0.29) is 5.92 Å². The standard InChI is InChI=1S/C15H17N3O2/c1-15(12-4-6-14(19-2)7-5-12)13(10-17)11-20-18(15)9-3-8-16/h4-7,13H,3,9,11H2,1-2H3/t13-,15+/m0/s1. The van der Waals surface area contributed by atoms with Crippen molar-refractivity contribution in [2.24, 2.45) is 5.92 Å². The fraction of sp³-hybridized carbons (Fsp3) is 0.467. The summed E-state index contributed by atoms with van der Waals surface area (Å²) in [5.74, 6) is 0.503. The molecule has 0 amide bonds. The maximum absolute atomic E-state index is 9.36. The van der Waals surface area contributed by atoms with Crippen LogP contribution in [0.5, 0.6) is 5.75 Å². The number of ether oxygens (including phenoxy) is 1. The third-order valence-electron chi connectivity index (χ3n) is 3.85. The van der Waals surface area contributed by atoms with Crippen molar-refractivity contribution in [1.82, 2.24) is 5.06 Å². The molecule has 0 N–H and O–H groups in total. The molecule has 1 heterocycles. The van der Waals surface area contributed by atoms with E-state index < -0.39 is 5.54 Å². The molecule has 0 saturated carbocycles. The molecule has 1 saturated heterocycles. The van der Waals surface area contributed by atoms with Crippen LogP contribution < -0.4 is 4.74 Å². The minimum Gasteiger partial charge on any atom is -0.497 e. The van der Waals surface area contributed by atoms with Crippen molar-refractivity contribution in [3.63, 3.8) is 0 Å². The fourth-order valence-corrected chi connectivity index (χ4v) is 2.52. The smallest absolute Gasteiger partial charge is 0.118 e. The molecule has 0 bridgehead atoms. The van der Waals surface area contributed by atoms with Crippen molar-refractivity contribution in [2.75, 3.05) is 20.3 Å². The minimum atomic E-state index is -0.544. The van der Waals surface area contributed by atoms with E-state index in [0.717, 1.165) is 11.3 Å². The lowest BCUT2D eigenvalue weighted by atomic mass is 9.81. The summed E-state index contributed by atoms with van der Waals surface area (Å²) < 4.78 is 5.16.